The molecule has 0 aliphatic heterocycles. The Labute approximate surface area is 113 Å². The molecule has 0 radical (unpaired) electrons. The third-order valence-electron chi connectivity index (χ3n) is 3.85. The van der Waals surface area contributed by atoms with E-state index in [9.17, 15) is 0 Å². The van der Waals surface area contributed by atoms with Crippen LogP contribution < -0.4 is 5.32 Å². The van der Waals surface area contributed by atoms with Crippen LogP contribution in [0, 0.1) is 0 Å². The van der Waals surface area contributed by atoms with Crippen molar-refractivity contribution in [3.63, 3.8) is 0 Å². The van der Waals surface area contributed by atoms with E-state index in [1.807, 2.05) is 23.3 Å². The van der Waals surface area contributed by atoms with Crippen molar-refractivity contribution in [1.29, 1.82) is 0 Å². The van der Waals surface area contributed by atoms with Gasteiger partial charge in [-0.2, -0.15) is 10.2 Å². The normalized spacial score (nSPS) is 16.1. The maximum absolute atomic E-state index is 4.49. The number of nitrogens with zero attached hydrogens (tertiary/aromatic N) is 4. The molecule has 1 fully saturated rings. The molecular weight excluding hydrogens is 238 g/mol. The van der Waals surface area contributed by atoms with Crippen molar-refractivity contribution < 1.29 is 0 Å². The number of rotatable bonds is 5. The largest absolute Gasteiger partial charge is 0.377 e. The van der Waals surface area contributed by atoms with E-state index < -0.39 is 0 Å². The summed E-state index contributed by atoms with van der Waals surface area (Å²) in [6.07, 6.45) is 11.0. The zero-order chi connectivity index (χ0) is 13.1. The average Bonchev–Trinajstić information content (AvgIpc) is 3.16. The molecule has 0 bridgehead atoms. The minimum atomic E-state index is 0.602. The summed E-state index contributed by atoms with van der Waals surface area (Å²) in [7, 11) is 0. The van der Waals surface area contributed by atoms with Crippen LogP contribution in [0.25, 0.3) is 0 Å². The van der Waals surface area contributed by atoms with Crippen molar-refractivity contribution in [2.24, 2.45) is 0 Å². The highest BCUT2D eigenvalue weighted by atomic mass is 15.3. The summed E-state index contributed by atoms with van der Waals surface area (Å²) in [5, 5.41) is 12.2. The van der Waals surface area contributed by atoms with Gasteiger partial charge in [0.1, 0.15) is 0 Å². The van der Waals surface area contributed by atoms with Gasteiger partial charge in [-0.25, -0.2) is 0 Å². The van der Waals surface area contributed by atoms with Crippen molar-refractivity contribution in [2.45, 2.75) is 51.7 Å². The standard InChI is InChI=1S/C14H21N5/c1-2-18-11-12(9-17-18)15-10-14-7-8-16-19(14)13-5-3-4-6-13/h7-9,11,13,15H,2-6,10H2,1H3. The van der Waals surface area contributed by atoms with Crippen LogP contribution in [0.2, 0.25) is 0 Å². The van der Waals surface area contributed by atoms with Crippen molar-refractivity contribution in [2.75, 3.05) is 5.32 Å². The third-order valence-corrected chi connectivity index (χ3v) is 3.85. The predicted molar refractivity (Wildman–Crippen MR) is 75.0 cm³/mol. The lowest BCUT2D eigenvalue weighted by molar-refractivity contribution is 0.452. The number of hydrogen-bond acceptors (Lipinski definition) is 3. The van der Waals surface area contributed by atoms with Gasteiger partial charge in [0, 0.05) is 18.9 Å². The molecule has 0 unspecified atom stereocenters. The molecule has 0 atom stereocenters. The summed E-state index contributed by atoms with van der Waals surface area (Å²) < 4.78 is 4.13. The summed E-state index contributed by atoms with van der Waals surface area (Å²) in [5.41, 5.74) is 2.33. The van der Waals surface area contributed by atoms with Crippen LogP contribution in [0.4, 0.5) is 5.69 Å². The Hall–Kier alpha value is -1.78. The molecule has 0 spiro atoms. The maximum Gasteiger partial charge on any atom is 0.0729 e. The molecular formula is C14H21N5. The lowest BCUT2D eigenvalue weighted by atomic mass is 10.2. The molecule has 0 aromatic carbocycles. The van der Waals surface area contributed by atoms with E-state index in [4.69, 9.17) is 0 Å². The Morgan fingerprint density at radius 2 is 2.16 bits per heavy atom. The van der Waals surface area contributed by atoms with Crippen molar-refractivity contribution in [3.05, 3.63) is 30.4 Å². The number of anilines is 1. The SMILES string of the molecule is CCn1cc(NCc2ccnn2C2CCCC2)cn1. The van der Waals surface area contributed by atoms with Crippen LogP contribution in [-0.4, -0.2) is 19.6 Å². The van der Waals surface area contributed by atoms with Crippen molar-refractivity contribution >= 4 is 5.69 Å². The molecule has 1 saturated carbocycles. The molecule has 102 valence electrons. The quantitative estimate of drug-likeness (QED) is 0.898. The Bertz CT molecular complexity index is 521. The molecule has 3 rings (SSSR count). The second-order valence-electron chi connectivity index (χ2n) is 5.14. The number of hydrogen-bond donors (Lipinski definition) is 1. The lowest BCUT2D eigenvalue weighted by Crippen LogP contribution is -2.13. The summed E-state index contributed by atoms with van der Waals surface area (Å²) in [6, 6.07) is 2.71. The molecule has 5 heteroatoms. The van der Waals surface area contributed by atoms with Crippen LogP contribution >= 0.6 is 0 Å². The summed E-state index contributed by atoms with van der Waals surface area (Å²) in [6.45, 7) is 3.81. The molecule has 0 saturated heterocycles. The van der Waals surface area contributed by atoms with E-state index in [-0.39, 0.29) is 0 Å². The van der Waals surface area contributed by atoms with Crippen LogP contribution in [0.3, 0.4) is 0 Å². The van der Waals surface area contributed by atoms with Gasteiger partial charge in [0.2, 0.25) is 0 Å². The van der Waals surface area contributed by atoms with Gasteiger partial charge in [-0.05, 0) is 25.8 Å². The van der Waals surface area contributed by atoms with Crippen LogP contribution in [0.5, 0.6) is 0 Å². The molecule has 0 amide bonds. The fourth-order valence-electron chi connectivity index (χ4n) is 2.78. The van der Waals surface area contributed by atoms with Gasteiger partial charge in [-0.15, -0.1) is 0 Å². The third kappa shape index (κ3) is 2.64. The minimum Gasteiger partial charge on any atom is -0.377 e. The van der Waals surface area contributed by atoms with E-state index in [0.717, 1.165) is 18.8 Å². The van der Waals surface area contributed by atoms with Crippen LogP contribution in [0.15, 0.2) is 24.7 Å². The Kier molecular flexibility index (Phi) is 3.53. The second-order valence-corrected chi connectivity index (χ2v) is 5.14. The molecule has 2 heterocycles. The van der Waals surface area contributed by atoms with E-state index >= 15 is 0 Å². The van der Waals surface area contributed by atoms with E-state index in [0.29, 0.717) is 6.04 Å². The topological polar surface area (TPSA) is 47.7 Å². The number of aromatic nitrogens is 4. The van der Waals surface area contributed by atoms with Gasteiger partial charge in [0.05, 0.1) is 30.2 Å². The van der Waals surface area contributed by atoms with E-state index in [2.05, 4.69) is 33.2 Å². The molecule has 19 heavy (non-hydrogen) atoms. The predicted octanol–water partition coefficient (Wildman–Crippen LogP) is 2.83. The van der Waals surface area contributed by atoms with E-state index in [1.165, 1.54) is 31.4 Å². The monoisotopic (exact) mass is 259 g/mol. The highest BCUT2D eigenvalue weighted by Crippen LogP contribution is 2.29. The highest BCUT2D eigenvalue weighted by molar-refractivity contribution is 5.38. The summed E-state index contributed by atoms with van der Waals surface area (Å²) in [5.74, 6) is 0. The first kappa shape index (κ1) is 12.3. The number of aryl methyl sites for hydroxylation is 1. The van der Waals surface area contributed by atoms with Gasteiger partial charge in [0.25, 0.3) is 0 Å². The van der Waals surface area contributed by atoms with Gasteiger partial charge in [-0.1, -0.05) is 12.8 Å². The number of nitrogens with one attached hydrogen (secondary N) is 1. The zero-order valence-electron chi connectivity index (χ0n) is 11.4. The van der Waals surface area contributed by atoms with Gasteiger partial charge in [-0.3, -0.25) is 9.36 Å². The second kappa shape index (κ2) is 5.47. The summed E-state index contributed by atoms with van der Waals surface area (Å²) >= 11 is 0. The van der Waals surface area contributed by atoms with Crippen molar-refractivity contribution in [1.82, 2.24) is 19.6 Å². The zero-order valence-corrected chi connectivity index (χ0v) is 11.4. The van der Waals surface area contributed by atoms with E-state index in [1.54, 1.807) is 0 Å². The molecule has 2 aromatic heterocycles. The first-order valence-corrected chi connectivity index (χ1v) is 7.15. The van der Waals surface area contributed by atoms with Gasteiger partial charge >= 0.3 is 0 Å². The Balaban J connectivity index is 1.65. The Morgan fingerprint density at radius 1 is 1.32 bits per heavy atom. The minimum absolute atomic E-state index is 0.602. The average molecular weight is 259 g/mol. The molecule has 1 aliphatic rings. The molecule has 1 N–H and O–H groups in total. The fraction of sp³-hybridized carbons (Fsp3) is 0.571. The highest BCUT2D eigenvalue weighted by Gasteiger charge is 2.19. The molecule has 1 aliphatic carbocycles. The van der Waals surface area contributed by atoms with Crippen LogP contribution in [0.1, 0.15) is 44.3 Å². The lowest BCUT2D eigenvalue weighted by Gasteiger charge is -2.14. The first-order chi connectivity index (χ1) is 9.36. The first-order valence-electron chi connectivity index (χ1n) is 7.15. The van der Waals surface area contributed by atoms with Crippen LogP contribution in [-0.2, 0) is 13.1 Å². The smallest absolute Gasteiger partial charge is 0.0729 e. The van der Waals surface area contributed by atoms with Crippen molar-refractivity contribution in [3.8, 4) is 0 Å². The van der Waals surface area contributed by atoms with Gasteiger partial charge in [0.15, 0.2) is 0 Å². The molecule has 5 nitrogen and oxygen atoms in total. The Morgan fingerprint density at radius 3 is 2.89 bits per heavy atom. The summed E-state index contributed by atoms with van der Waals surface area (Å²) in [4.78, 5) is 0. The fourth-order valence-corrected chi connectivity index (χ4v) is 2.78. The molecule has 2 aromatic rings. The van der Waals surface area contributed by atoms with Gasteiger partial charge < -0.3 is 5.32 Å². The maximum atomic E-state index is 4.49.